The zero-order valence-corrected chi connectivity index (χ0v) is 12.0. The van der Waals surface area contributed by atoms with Crippen molar-refractivity contribution in [2.75, 3.05) is 6.54 Å². The van der Waals surface area contributed by atoms with E-state index in [9.17, 15) is 9.59 Å². The predicted octanol–water partition coefficient (Wildman–Crippen LogP) is 2.56. The Hall–Kier alpha value is -2.20. The second-order valence-electron chi connectivity index (χ2n) is 5.33. The van der Waals surface area contributed by atoms with Gasteiger partial charge in [-0.2, -0.15) is 0 Å². The van der Waals surface area contributed by atoms with Crippen molar-refractivity contribution in [2.45, 2.75) is 25.8 Å². The van der Waals surface area contributed by atoms with Gasteiger partial charge in [0.1, 0.15) is 0 Å². The van der Waals surface area contributed by atoms with Crippen LogP contribution in [0.25, 0.3) is 10.8 Å². The third-order valence-corrected chi connectivity index (χ3v) is 4.14. The highest BCUT2D eigenvalue weighted by Gasteiger charge is 2.36. The molecule has 2 N–H and O–H groups in total. The minimum Gasteiger partial charge on any atom is -0.330 e. The summed E-state index contributed by atoms with van der Waals surface area (Å²) in [5.41, 5.74) is 6.84. The van der Waals surface area contributed by atoms with Crippen LogP contribution in [0.2, 0.25) is 0 Å². The van der Waals surface area contributed by atoms with E-state index in [4.69, 9.17) is 5.73 Å². The number of nitrogens with two attached hydrogens (primary N) is 1. The molecule has 4 heteroatoms. The lowest BCUT2D eigenvalue weighted by atomic mass is 9.92. The van der Waals surface area contributed by atoms with E-state index in [1.807, 2.05) is 31.2 Å². The molecule has 0 saturated carbocycles. The van der Waals surface area contributed by atoms with Gasteiger partial charge in [0, 0.05) is 22.6 Å². The fourth-order valence-electron chi connectivity index (χ4n) is 3.09. The van der Waals surface area contributed by atoms with Crippen molar-refractivity contribution in [2.24, 2.45) is 5.73 Å². The van der Waals surface area contributed by atoms with Crippen molar-refractivity contribution in [1.29, 1.82) is 0 Å². The Morgan fingerprint density at radius 1 is 1.05 bits per heavy atom. The second kappa shape index (κ2) is 5.30. The monoisotopic (exact) mass is 282 g/mol. The van der Waals surface area contributed by atoms with Gasteiger partial charge in [-0.25, -0.2) is 0 Å². The molecule has 1 aliphatic heterocycles. The summed E-state index contributed by atoms with van der Waals surface area (Å²) >= 11 is 0. The van der Waals surface area contributed by atoms with E-state index < -0.39 is 0 Å². The lowest BCUT2D eigenvalue weighted by Gasteiger charge is -2.33. The van der Waals surface area contributed by atoms with Crippen LogP contribution in [-0.2, 0) is 0 Å². The Balaban J connectivity index is 2.19. The molecular weight excluding hydrogens is 264 g/mol. The van der Waals surface area contributed by atoms with Gasteiger partial charge in [-0.1, -0.05) is 31.2 Å². The van der Waals surface area contributed by atoms with Gasteiger partial charge in [-0.15, -0.1) is 0 Å². The SMILES string of the molecule is CCC(CCN)N1C(=O)c2cccc3cccc(c23)C1=O. The van der Waals surface area contributed by atoms with Crippen LogP contribution >= 0.6 is 0 Å². The molecule has 0 saturated heterocycles. The van der Waals surface area contributed by atoms with Gasteiger partial charge >= 0.3 is 0 Å². The first-order chi connectivity index (χ1) is 10.2. The normalized spacial score (nSPS) is 15.6. The van der Waals surface area contributed by atoms with Gasteiger partial charge in [0.05, 0.1) is 0 Å². The van der Waals surface area contributed by atoms with Crippen LogP contribution in [-0.4, -0.2) is 29.3 Å². The van der Waals surface area contributed by atoms with Crippen LogP contribution < -0.4 is 5.73 Å². The van der Waals surface area contributed by atoms with Crippen molar-refractivity contribution in [1.82, 2.24) is 4.90 Å². The van der Waals surface area contributed by atoms with Crippen molar-refractivity contribution < 1.29 is 9.59 Å². The molecule has 0 fully saturated rings. The Labute approximate surface area is 123 Å². The van der Waals surface area contributed by atoms with Crippen LogP contribution in [0, 0.1) is 0 Å². The van der Waals surface area contributed by atoms with Gasteiger partial charge in [0.15, 0.2) is 0 Å². The number of imide groups is 1. The predicted molar refractivity (Wildman–Crippen MR) is 82.2 cm³/mol. The molecule has 1 aliphatic rings. The van der Waals surface area contributed by atoms with Crippen LogP contribution in [0.3, 0.4) is 0 Å². The van der Waals surface area contributed by atoms with E-state index in [1.54, 1.807) is 12.1 Å². The molecule has 0 aliphatic carbocycles. The Morgan fingerprint density at radius 3 is 2.10 bits per heavy atom. The largest absolute Gasteiger partial charge is 0.330 e. The average Bonchev–Trinajstić information content (AvgIpc) is 2.51. The van der Waals surface area contributed by atoms with Crippen LogP contribution in [0.4, 0.5) is 0 Å². The number of carbonyl (C=O) groups is 2. The summed E-state index contributed by atoms with van der Waals surface area (Å²) in [5, 5.41) is 1.70. The summed E-state index contributed by atoms with van der Waals surface area (Å²) in [7, 11) is 0. The molecule has 0 radical (unpaired) electrons. The molecule has 2 amide bonds. The first-order valence-corrected chi connectivity index (χ1v) is 7.28. The Morgan fingerprint density at radius 2 is 1.62 bits per heavy atom. The lowest BCUT2D eigenvalue weighted by Crippen LogP contribution is -2.47. The van der Waals surface area contributed by atoms with E-state index in [-0.39, 0.29) is 17.9 Å². The standard InChI is InChI=1S/C17H18N2O2/c1-2-12(9-10-18)19-16(20)13-7-3-5-11-6-4-8-14(15(11)13)17(19)21/h3-8,12H,2,9-10,18H2,1H3. The molecule has 3 rings (SSSR count). The molecule has 0 spiro atoms. The van der Waals surface area contributed by atoms with Crippen LogP contribution in [0.15, 0.2) is 36.4 Å². The smallest absolute Gasteiger partial charge is 0.261 e. The van der Waals surface area contributed by atoms with E-state index in [0.29, 0.717) is 30.5 Å². The molecule has 4 nitrogen and oxygen atoms in total. The quantitative estimate of drug-likeness (QED) is 0.877. The van der Waals surface area contributed by atoms with Gasteiger partial charge in [0.2, 0.25) is 0 Å². The minimum absolute atomic E-state index is 0.140. The molecule has 1 heterocycles. The highest BCUT2D eigenvalue weighted by Crippen LogP contribution is 2.31. The Bertz CT molecular complexity index is 673. The number of rotatable bonds is 4. The van der Waals surface area contributed by atoms with Crippen LogP contribution in [0.5, 0.6) is 0 Å². The molecule has 108 valence electrons. The first kappa shape index (κ1) is 13.8. The first-order valence-electron chi connectivity index (χ1n) is 7.28. The van der Waals surface area contributed by atoms with Crippen molar-refractivity contribution >= 4 is 22.6 Å². The molecule has 1 atom stereocenters. The molecular formula is C17H18N2O2. The molecule has 0 bridgehead atoms. The highest BCUT2D eigenvalue weighted by molar-refractivity contribution is 6.25. The third kappa shape index (κ3) is 2.03. The highest BCUT2D eigenvalue weighted by atomic mass is 16.2. The Kier molecular flexibility index (Phi) is 3.47. The maximum absolute atomic E-state index is 12.8. The number of amides is 2. The molecule has 0 aromatic heterocycles. The molecule has 1 unspecified atom stereocenters. The maximum Gasteiger partial charge on any atom is 0.261 e. The van der Waals surface area contributed by atoms with E-state index >= 15 is 0 Å². The maximum atomic E-state index is 12.8. The minimum atomic E-state index is -0.204. The van der Waals surface area contributed by atoms with Gasteiger partial charge in [0.25, 0.3) is 11.8 Å². The fourth-order valence-corrected chi connectivity index (χ4v) is 3.09. The summed E-state index contributed by atoms with van der Waals surface area (Å²) < 4.78 is 0. The van der Waals surface area contributed by atoms with Gasteiger partial charge in [-0.05, 0) is 36.9 Å². The summed E-state index contributed by atoms with van der Waals surface area (Å²) in [6.07, 6.45) is 1.35. The van der Waals surface area contributed by atoms with E-state index in [2.05, 4.69) is 0 Å². The molecule has 2 aromatic carbocycles. The summed E-state index contributed by atoms with van der Waals surface area (Å²) in [6.45, 7) is 2.43. The number of benzene rings is 2. The second-order valence-corrected chi connectivity index (χ2v) is 5.33. The summed E-state index contributed by atoms with van der Waals surface area (Å²) in [5.74, 6) is -0.408. The fraction of sp³-hybridized carbons (Fsp3) is 0.294. The van der Waals surface area contributed by atoms with Crippen molar-refractivity contribution in [3.8, 4) is 0 Å². The van der Waals surface area contributed by atoms with Crippen molar-refractivity contribution in [3.05, 3.63) is 47.5 Å². The molecule has 2 aromatic rings. The third-order valence-electron chi connectivity index (χ3n) is 4.14. The summed E-state index contributed by atoms with van der Waals surface area (Å²) in [4.78, 5) is 26.9. The van der Waals surface area contributed by atoms with Gasteiger partial charge in [-0.3, -0.25) is 14.5 Å². The zero-order valence-electron chi connectivity index (χ0n) is 12.0. The number of hydrogen-bond donors (Lipinski definition) is 1. The van der Waals surface area contributed by atoms with Gasteiger partial charge < -0.3 is 5.73 Å². The van der Waals surface area contributed by atoms with E-state index in [0.717, 1.165) is 10.8 Å². The average molecular weight is 282 g/mol. The number of nitrogens with zero attached hydrogens (tertiary/aromatic N) is 1. The lowest BCUT2D eigenvalue weighted by molar-refractivity contribution is 0.0528. The number of hydrogen-bond acceptors (Lipinski definition) is 3. The van der Waals surface area contributed by atoms with E-state index in [1.165, 1.54) is 4.90 Å². The van der Waals surface area contributed by atoms with Crippen molar-refractivity contribution in [3.63, 3.8) is 0 Å². The topological polar surface area (TPSA) is 63.4 Å². The zero-order chi connectivity index (χ0) is 15.0. The van der Waals surface area contributed by atoms with Crippen LogP contribution in [0.1, 0.15) is 40.5 Å². The molecule has 21 heavy (non-hydrogen) atoms. The number of carbonyl (C=O) groups excluding carboxylic acids is 2. The summed E-state index contributed by atoms with van der Waals surface area (Å²) in [6, 6.07) is 11.0.